The van der Waals surface area contributed by atoms with Crippen LogP contribution < -0.4 is 5.32 Å². The number of rotatable bonds is 3. The van der Waals surface area contributed by atoms with Crippen LogP contribution in [0, 0.1) is 6.92 Å². The standard InChI is InChI=1S/C13H14BrClN2/c1-9-6-11(14)13(7-12(9)15)16-8-10-4-3-5-17(10)2/h3-7,16H,8H2,1-2H3. The summed E-state index contributed by atoms with van der Waals surface area (Å²) in [6.45, 7) is 2.77. The summed E-state index contributed by atoms with van der Waals surface area (Å²) >= 11 is 9.65. The lowest BCUT2D eigenvalue weighted by Crippen LogP contribution is -2.04. The van der Waals surface area contributed by atoms with E-state index in [1.807, 2.05) is 38.4 Å². The second-order valence-corrected chi connectivity index (χ2v) is 5.31. The molecule has 0 spiro atoms. The number of aromatic nitrogens is 1. The molecular weight excluding hydrogens is 300 g/mol. The lowest BCUT2D eigenvalue weighted by Gasteiger charge is -2.11. The van der Waals surface area contributed by atoms with Crippen LogP contribution in [0.1, 0.15) is 11.3 Å². The molecule has 0 amide bonds. The lowest BCUT2D eigenvalue weighted by atomic mass is 10.2. The molecule has 2 nitrogen and oxygen atoms in total. The molecule has 1 N–H and O–H groups in total. The van der Waals surface area contributed by atoms with Crippen molar-refractivity contribution >= 4 is 33.2 Å². The Morgan fingerprint density at radius 3 is 2.82 bits per heavy atom. The fourth-order valence-corrected chi connectivity index (χ4v) is 2.41. The van der Waals surface area contributed by atoms with E-state index in [2.05, 4.69) is 31.9 Å². The van der Waals surface area contributed by atoms with Crippen LogP contribution in [-0.4, -0.2) is 4.57 Å². The lowest BCUT2D eigenvalue weighted by molar-refractivity contribution is 0.842. The fraction of sp³-hybridized carbons (Fsp3) is 0.231. The third kappa shape index (κ3) is 2.85. The van der Waals surface area contributed by atoms with Gasteiger partial charge < -0.3 is 9.88 Å². The van der Waals surface area contributed by atoms with Crippen LogP contribution in [0.5, 0.6) is 0 Å². The van der Waals surface area contributed by atoms with Gasteiger partial charge in [-0.3, -0.25) is 0 Å². The van der Waals surface area contributed by atoms with Gasteiger partial charge in [-0.05, 0) is 52.7 Å². The number of halogens is 2. The Kier molecular flexibility index (Phi) is 3.79. The Hall–Kier alpha value is -0.930. The zero-order chi connectivity index (χ0) is 12.4. The van der Waals surface area contributed by atoms with Gasteiger partial charge >= 0.3 is 0 Å². The van der Waals surface area contributed by atoms with E-state index in [4.69, 9.17) is 11.6 Å². The largest absolute Gasteiger partial charge is 0.379 e. The summed E-state index contributed by atoms with van der Waals surface area (Å²) in [7, 11) is 2.04. The third-order valence-corrected chi connectivity index (χ3v) is 3.82. The van der Waals surface area contributed by atoms with Crippen molar-refractivity contribution < 1.29 is 0 Å². The van der Waals surface area contributed by atoms with Crippen molar-refractivity contribution in [3.05, 3.63) is 51.2 Å². The zero-order valence-corrected chi connectivity index (χ0v) is 12.1. The molecule has 90 valence electrons. The van der Waals surface area contributed by atoms with Crippen molar-refractivity contribution in [1.29, 1.82) is 0 Å². The first-order valence-corrected chi connectivity index (χ1v) is 6.55. The molecule has 2 aromatic rings. The average Bonchev–Trinajstić information content (AvgIpc) is 2.68. The minimum atomic E-state index is 0.779. The molecule has 1 aromatic carbocycles. The average molecular weight is 314 g/mol. The Labute approximate surface area is 115 Å². The predicted molar refractivity (Wildman–Crippen MR) is 76.6 cm³/mol. The normalized spacial score (nSPS) is 10.6. The van der Waals surface area contributed by atoms with Crippen LogP contribution in [0.25, 0.3) is 0 Å². The number of hydrogen-bond acceptors (Lipinski definition) is 1. The Morgan fingerprint density at radius 2 is 2.18 bits per heavy atom. The monoisotopic (exact) mass is 312 g/mol. The summed E-state index contributed by atoms with van der Waals surface area (Å²) in [4.78, 5) is 0. The van der Waals surface area contributed by atoms with Gasteiger partial charge in [0.05, 0.1) is 12.2 Å². The van der Waals surface area contributed by atoms with Crippen LogP contribution in [0.3, 0.4) is 0 Å². The first kappa shape index (κ1) is 12.5. The molecule has 0 bridgehead atoms. The highest BCUT2D eigenvalue weighted by Gasteiger charge is 2.04. The predicted octanol–water partition coefficient (Wildman–Crippen LogP) is 4.36. The van der Waals surface area contributed by atoms with E-state index in [1.54, 1.807) is 0 Å². The van der Waals surface area contributed by atoms with Gasteiger partial charge in [-0.15, -0.1) is 0 Å². The maximum Gasteiger partial charge on any atom is 0.0553 e. The summed E-state index contributed by atoms with van der Waals surface area (Å²) in [6.07, 6.45) is 2.04. The number of hydrogen-bond donors (Lipinski definition) is 1. The van der Waals surface area contributed by atoms with Gasteiger partial charge in [-0.1, -0.05) is 11.6 Å². The first-order valence-electron chi connectivity index (χ1n) is 5.37. The van der Waals surface area contributed by atoms with Crippen molar-refractivity contribution in [3.8, 4) is 0 Å². The van der Waals surface area contributed by atoms with Crippen LogP contribution in [-0.2, 0) is 13.6 Å². The molecule has 0 unspecified atom stereocenters. The van der Waals surface area contributed by atoms with Crippen LogP contribution in [0.15, 0.2) is 34.9 Å². The quantitative estimate of drug-likeness (QED) is 0.891. The summed E-state index contributed by atoms with van der Waals surface area (Å²) in [5.74, 6) is 0. The second-order valence-electron chi connectivity index (χ2n) is 4.05. The number of anilines is 1. The van der Waals surface area contributed by atoms with Crippen LogP contribution in [0.4, 0.5) is 5.69 Å². The maximum atomic E-state index is 6.11. The minimum Gasteiger partial charge on any atom is -0.379 e. The molecule has 0 saturated heterocycles. The molecule has 0 saturated carbocycles. The molecule has 0 aliphatic heterocycles. The molecule has 17 heavy (non-hydrogen) atoms. The van der Waals surface area contributed by atoms with E-state index >= 15 is 0 Å². The van der Waals surface area contributed by atoms with Crippen LogP contribution in [0.2, 0.25) is 5.02 Å². The van der Waals surface area contributed by atoms with Gasteiger partial charge in [0.15, 0.2) is 0 Å². The van der Waals surface area contributed by atoms with Gasteiger partial charge in [0, 0.05) is 28.4 Å². The number of nitrogens with zero attached hydrogens (tertiary/aromatic N) is 1. The first-order chi connectivity index (χ1) is 8.08. The molecule has 0 atom stereocenters. The van der Waals surface area contributed by atoms with Crippen molar-refractivity contribution in [2.75, 3.05) is 5.32 Å². The van der Waals surface area contributed by atoms with Gasteiger partial charge in [0.1, 0.15) is 0 Å². The number of nitrogens with one attached hydrogen (secondary N) is 1. The molecule has 2 rings (SSSR count). The SMILES string of the molecule is Cc1cc(Br)c(NCc2cccn2C)cc1Cl. The van der Waals surface area contributed by atoms with E-state index in [1.165, 1.54) is 5.69 Å². The maximum absolute atomic E-state index is 6.11. The summed E-state index contributed by atoms with van der Waals surface area (Å²) in [6, 6.07) is 8.10. The highest BCUT2D eigenvalue weighted by molar-refractivity contribution is 9.10. The highest BCUT2D eigenvalue weighted by atomic mass is 79.9. The smallest absolute Gasteiger partial charge is 0.0553 e. The summed E-state index contributed by atoms with van der Waals surface area (Å²) in [5.41, 5.74) is 3.32. The number of aryl methyl sites for hydroxylation is 2. The highest BCUT2D eigenvalue weighted by Crippen LogP contribution is 2.29. The van der Waals surface area contributed by atoms with E-state index in [9.17, 15) is 0 Å². The van der Waals surface area contributed by atoms with E-state index in [-0.39, 0.29) is 0 Å². The van der Waals surface area contributed by atoms with E-state index in [0.717, 1.165) is 27.3 Å². The molecule has 1 aromatic heterocycles. The summed E-state index contributed by atoms with van der Waals surface area (Å²) < 4.78 is 3.13. The van der Waals surface area contributed by atoms with Gasteiger partial charge in [0.2, 0.25) is 0 Å². The Bertz CT molecular complexity index is 534. The zero-order valence-electron chi connectivity index (χ0n) is 9.80. The van der Waals surface area contributed by atoms with Gasteiger partial charge in [-0.25, -0.2) is 0 Å². The topological polar surface area (TPSA) is 17.0 Å². The number of benzene rings is 1. The Balaban J connectivity index is 2.14. The van der Waals surface area contributed by atoms with Crippen molar-refractivity contribution in [2.45, 2.75) is 13.5 Å². The van der Waals surface area contributed by atoms with Crippen molar-refractivity contribution in [2.24, 2.45) is 7.05 Å². The van der Waals surface area contributed by atoms with Crippen molar-refractivity contribution in [3.63, 3.8) is 0 Å². The third-order valence-electron chi connectivity index (χ3n) is 2.76. The van der Waals surface area contributed by atoms with E-state index in [0.29, 0.717) is 0 Å². The molecule has 1 heterocycles. The second kappa shape index (κ2) is 5.15. The minimum absolute atomic E-state index is 0.779. The molecule has 0 radical (unpaired) electrons. The molecule has 0 aliphatic rings. The molecule has 4 heteroatoms. The Morgan fingerprint density at radius 1 is 1.41 bits per heavy atom. The molecule has 0 aliphatic carbocycles. The fourth-order valence-electron chi connectivity index (χ4n) is 1.65. The van der Waals surface area contributed by atoms with Gasteiger partial charge in [-0.2, -0.15) is 0 Å². The van der Waals surface area contributed by atoms with Gasteiger partial charge in [0.25, 0.3) is 0 Å². The van der Waals surface area contributed by atoms with E-state index < -0.39 is 0 Å². The summed E-state index contributed by atoms with van der Waals surface area (Å²) in [5, 5.41) is 4.15. The molecule has 0 fully saturated rings. The molecular formula is C13H14BrClN2. The van der Waals surface area contributed by atoms with Crippen molar-refractivity contribution in [1.82, 2.24) is 4.57 Å². The van der Waals surface area contributed by atoms with Crippen LogP contribution >= 0.6 is 27.5 Å².